The summed E-state index contributed by atoms with van der Waals surface area (Å²) in [6.45, 7) is 4.68. The monoisotopic (exact) mass is 293 g/mol. The van der Waals surface area contributed by atoms with Gasteiger partial charge >= 0.3 is 0 Å². The second-order valence-electron chi connectivity index (χ2n) is 6.91. The molecular weight excluding hydrogens is 268 g/mol. The van der Waals surface area contributed by atoms with E-state index in [-0.39, 0.29) is 0 Å². The zero-order valence-corrected chi connectivity index (χ0v) is 13.4. The molecule has 22 heavy (non-hydrogen) atoms. The van der Waals surface area contributed by atoms with E-state index in [2.05, 4.69) is 59.7 Å². The minimum atomic E-state index is 0.319. The highest BCUT2D eigenvalue weighted by Crippen LogP contribution is 2.43. The number of aryl methyl sites for hydroxylation is 1. The number of aromatic nitrogens is 1. The van der Waals surface area contributed by atoms with E-state index in [1.807, 2.05) is 0 Å². The van der Waals surface area contributed by atoms with E-state index < -0.39 is 0 Å². The first kappa shape index (κ1) is 13.8. The molecule has 1 fully saturated rings. The number of fused-ring (bicyclic) bond motifs is 2. The van der Waals surface area contributed by atoms with Gasteiger partial charge in [0, 0.05) is 23.2 Å². The molecule has 1 aliphatic carbocycles. The lowest BCUT2D eigenvalue weighted by atomic mass is 9.66. The Morgan fingerprint density at radius 3 is 2.91 bits per heavy atom. The first-order valence-corrected chi connectivity index (χ1v) is 8.56. The predicted molar refractivity (Wildman–Crippen MR) is 90.7 cm³/mol. The van der Waals surface area contributed by atoms with E-state index in [0.717, 1.165) is 6.42 Å². The maximum absolute atomic E-state index is 3.61. The Morgan fingerprint density at radius 1 is 1.23 bits per heavy atom. The Kier molecular flexibility index (Phi) is 3.42. The highest BCUT2D eigenvalue weighted by molar-refractivity contribution is 5.60. The third-order valence-electron chi connectivity index (χ3n) is 5.44. The molecule has 1 aromatic heterocycles. The molecule has 2 heteroatoms. The number of hydrogen-bond donors (Lipinski definition) is 2. The van der Waals surface area contributed by atoms with Gasteiger partial charge in [0.05, 0.1) is 13.1 Å². The van der Waals surface area contributed by atoms with Crippen molar-refractivity contribution in [2.24, 2.45) is 5.41 Å². The normalized spacial score (nSPS) is 23.6. The predicted octanol–water partition coefficient (Wildman–Crippen LogP) is 2.71. The number of rotatable bonds is 3. The molecule has 1 unspecified atom stereocenters. The molecule has 0 amide bonds. The average Bonchev–Trinajstić information content (AvgIpc) is 2.94. The summed E-state index contributed by atoms with van der Waals surface area (Å²) < 4.78 is 0. The van der Waals surface area contributed by atoms with E-state index in [0.29, 0.717) is 5.41 Å². The number of nitrogens with two attached hydrogens (primary N) is 1. The molecule has 1 saturated heterocycles. The fourth-order valence-corrected chi connectivity index (χ4v) is 4.26. The minimum absolute atomic E-state index is 0.319. The first-order valence-electron chi connectivity index (χ1n) is 8.56. The molecule has 2 nitrogen and oxygen atoms in total. The molecule has 1 atom stereocenters. The van der Waals surface area contributed by atoms with Crippen LogP contribution < -0.4 is 5.32 Å². The second-order valence-corrected chi connectivity index (χ2v) is 6.91. The molecule has 0 radical (unpaired) electrons. The summed E-state index contributed by atoms with van der Waals surface area (Å²) in [6, 6.07) is 13.4. The van der Waals surface area contributed by atoms with Crippen LogP contribution in [0.5, 0.6) is 0 Å². The van der Waals surface area contributed by atoms with Crippen LogP contribution in [0.2, 0.25) is 0 Å². The minimum Gasteiger partial charge on any atom is -0.359 e. The Bertz CT molecular complexity index is 696. The third kappa shape index (κ3) is 2.32. The van der Waals surface area contributed by atoms with Gasteiger partial charge in [-0.1, -0.05) is 42.8 Å². The van der Waals surface area contributed by atoms with Crippen molar-refractivity contribution >= 4 is 6.08 Å². The van der Waals surface area contributed by atoms with Gasteiger partial charge in [0.1, 0.15) is 0 Å². The highest BCUT2D eigenvalue weighted by atomic mass is 14.9. The topological polar surface area (TPSA) is 32.4 Å². The first-order chi connectivity index (χ1) is 10.8. The van der Waals surface area contributed by atoms with Crippen LogP contribution >= 0.6 is 0 Å². The molecule has 2 heterocycles. The van der Waals surface area contributed by atoms with Crippen LogP contribution in [-0.2, 0) is 19.3 Å². The lowest BCUT2D eigenvalue weighted by molar-refractivity contribution is -0.671. The summed E-state index contributed by atoms with van der Waals surface area (Å²) in [6.07, 6.45) is 7.15. The highest BCUT2D eigenvalue weighted by Gasteiger charge is 2.42. The SMILES string of the molecule is CCc1cc2c([nH]1)C=C1CC[NH2+]CC1(Cc1ccccc1)C2. The average molecular weight is 293 g/mol. The Balaban J connectivity index is 1.73. The van der Waals surface area contributed by atoms with Gasteiger partial charge in [-0.05, 0) is 42.5 Å². The van der Waals surface area contributed by atoms with Gasteiger partial charge in [-0.3, -0.25) is 0 Å². The number of benzene rings is 1. The van der Waals surface area contributed by atoms with E-state index >= 15 is 0 Å². The Morgan fingerprint density at radius 2 is 2.09 bits per heavy atom. The molecule has 0 bridgehead atoms. The summed E-state index contributed by atoms with van der Waals surface area (Å²) in [4.78, 5) is 3.61. The number of nitrogens with one attached hydrogen (secondary N) is 1. The number of aromatic amines is 1. The van der Waals surface area contributed by atoms with Crippen LogP contribution in [0.1, 0.15) is 35.9 Å². The fourth-order valence-electron chi connectivity index (χ4n) is 4.26. The molecule has 0 spiro atoms. The van der Waals surface area contributed by atoms with Crippen molar-refractivity contribution in [2.75, 3.05) is 13.1 Å². The molecule has 3 N–H and O–H groups in total. The van der Waals surface area contributed by atoms with Gasteiger partial charge in [-0.15, -0.1) is 0 Å². The van der Waals surface area contributed by atoms with Gasteiger partial charge in [-0.25, -0.2) is 0 Å². The number of hydrogen-bond acceptors (Lipinski definition) is 0. The molecular formula is C20H25N2+. The maximum Gasteiger partial charge on any atom is 0.0857 e. The van der Waals surface area contributed by atoms with Crippen LogP contribution in [0.3, 0.4) is 0 Å². The van der Waals surface area contributed by atoms with Crippen LogP contribution in [0.15, 0.2) is 42.0 Å². The van der Waals surface area contributed by atoms with E-state index in [9.17, 15) is 0 Å². The molecule has 2 aromatic rings. The molecule has 1 aliphatic heterocycles. The van der Waals surface area contributed by atoms with Crippen molar-refractivity contribution in [1.82, 2.24) is 4.98 Å². The molecule has 114 valence electrons. The lowest BCUT2D eigenvalue weighted by Crippen LogP contribution is -2.89. The van der Waals surface area contributed by atoms with Crippen molar-refractivity contribution in [2.45, 2.75) is 32.6 Å². The number of piperidine rings is 1. The summed E-state index contributed by atoms with van der Waals surface area (Å²) in [5, 5.41) is 2.51. The zero-order chi connectivity index (χ0) is 15.0. The van der Waals surface area contributed by atoms with Gasteiger partial charge in [0.2, 0.25) is 0 Å². The number of H-pyrrole nitrogens is 1. The van der Waals surface area contributed by atoms with Crippen LogP contribution in [0, 0.1) is 5.41 Å². The van der Waals surface area contributed by atoms with Gasteiger partial charge in [0.25, 0.3) is 0 Å². The van der Waals surface area contributed by atoms with Crippen molar-refractivity contribution in [3.05, 3.63) is 64.5 Å². The Labute approximate surface area is 132 Å². The van der Waals surface area contributed by atoms with E-state index in [4.69, 9.17) is 0 Å². The van der Waals surface area contributed by atoms with E-state index in [1.54, 1.807) is 5.57 Å². The van der Waals surface area contributed by atoms with Crippen LogP contribution in [0.25, 0.3) is 6.08 Å². The van der Waals surface area contributed by atoms with Crippen LogP contribution in [0.4, 0.5) is 0 Å². The van der Waals surface area contributed by atoms with Crippen molar-refractivity contribution in [3.63, 3.8) is 0 Å². The summed E-state index contributed by atoms with van der Waals surface area (Å²) >= 11 is 0. The summed E-state index contributed by atoms with van der Waals surface area (Å²) in [5.41, 5.74) is 7.72. The van der Waals surface area contributed by atoms with Crippen LogP contribution in [-0.4, -0.2) is 18.1 Å². The van der Waals surface area contributed by atoms with Crippen molar-refractivity contribution in [1.29, 1.82) is 0 Å². The smallest absolute Gasteiger partial charge is 0.0857 e. The maximum atomic E-state index is 3.61. The van der Waals surface area contributed by atoms with Gasteiger partial charge < -0.3 is 10.3 Å². The lowest BCUT2D eigenvalue weighted by Gasteiger charge is -2.40. The molecule has 4 rings (SSSR count). The van der Waals surface area contributed by atoms with Gasteiger partial charge in [-0.2, -0.15) is 0 Å². The van der Waals surface area contributed by atoms with Gasteiger partial charge in [0.15, 0.2) is 0 Å². The Hall–Kier alpha value is -1.80. The standard InChI is InChI=1S/C20H24N2/c1-2-18-10-16-13-20(12-15-6-4-3-5-7-15)14-21-9-8-17(20)11-19(16)22-18/h3-7,10-11,21-22H,2,8-9,12-14H2,1H3/p+1. The zero-order valence-electron chi connectivity index (χ0n) is 13.4. The fraction of sp³-hybridized carbons (Fsp3) is 0.400. The molecule has 1 aromatic carbocycles. The largest absolute Gasteiger partial charge is 0.359 e. The van der Waals surface area contributed by atoms with Crippen molar-refractivity contribution in [3.8, 4) is 0 Å². The van der Waals surface area contributed by atoms with E-state index in [1.165, 1.54) is 54.9 Å². The third-order valence-corrected chi connectivity index (χ3v) is 5.44. The molecule has 2 aliphatic rings. The van der Waals surface area contributed by atoms with Crippen molar-refractivity contribution < 1.29 is 5.32 Å². The quantitative estimate of drug-likeness (QED) is 0.872. The number of quaternary nitrogens is 1. The second kappa shape index (κ2) is 5.44. The summed E-state index contributed by atoms with van der Waals surface area (Å²) in [7, 11) is 0. The molecule has 0 saturated carbocycles. The summed E-state index contributed by atoms with van der Waals surface area (Å²) in [5.74, 6) is 0.